The van der Waals surface area contributed by atoms with Crippen LogP contribution >= 0.6 is 0 Å². The molecule has 0 saturated heterocycles. The Morgan fingerprint density at radius 1 is 1.07 bits per heavy atom. The molecule has 146 valence electrons. The Balaban J connectivity index is 2.05. The van der Waals surface area contributed by atoms with Gasteiger partial charge >= 0.3 is 5.97 Å². The van der Waals surface area contributed by atoms with Crippen LogP contribution in [0.25, 0.3) is 0 Å². The fourth-order valence-electron chi connectivity index (χ4n) is 3.19. The molecule has 0 atom stereocenters. The van der Waals surface area contributed by atoms with Crippen LogP contribution in [0.4, 0.5) is 0 Å². The summed E-state index contributed by atoms with van der Waals surface area (Å²) in [6, 6.07) is 5.21. The smallest absolute Gasteiger partial charge is 0.342 e. The lowest BCUT2D eigenvalue weighted by Gasteiger charge is -2.31. The van der Waals surface area contributed by atoms with E-state index in [9.17, 15) is 14.9 Å². The van der Waals surface area contributed by atoms with Gasteiger partial charge in [0.15, 0.2) is 18.1 Å². The molecule has 1 aromatic carbocycles. The van der Waals surface area contributed by atoms with Crippen molar-refractivity contribution in [2.75, 3.05) is 27.9 Å². The number of benzene rings is 1. The van der Waals surface area contributed by atoms with Gasteiger partial charge in [0.05, 0.1) is 27.4 Å². The standard InChI is InChI=1S/C19H24N2O6/c1-24-14-8-7-13(16(25-2)17(14)26-3)18(23)27-11-15(22)21-19(12-20)9-5-4-6-10-19/h7-8H,4-6,9-11H2,1-3H3,(H,21,22). The molecule has 1 aromatic rings. The molecule has 0 spiro atoms. The molecular weight excluding hydrogens is 352 g/mol. The third kappa shape index (κ3) is 4.61. The van der Waals surface area contributed by atoms with Gasteiger partial charge in [-0.25, -0.2) is 4.79 Å². The molecule has 0 radical (unpaired) electrons. The van der Waals surface area contributed by atoms with Crippen LogP contribution in [0.5, 0.6) is 17.2 Å². The number of ether oxygens (including phenoxy) is 4. The number of carbonyl (C=O) groups excluding carboxylic acids is 2. The molecule has 8 heteroatoms. The molecule has 1 fully saturated rings. The molecule has 1 amide bonds. The zero-order valence-corrected chi connectivity index (χ0v) is 15.8. The summed E-state index contributed by atoms with van der Waals surface area (Å²) in [5.41, 5.74) is -0.765. The van der Waals surface area contributed by atoms with Crippen LogP contribution in [0.1, 0.15) is 42.5 Å². The molecule has 0 bridgehead atoms. The van der Waals surface area contributed by atoms with E-state index in [2.05, 4.69) is 11.4 Å². The molecule has 8 nitrogen and oxygen atoms in total. The Bertz CT molecular complexity index is 734. The molecular formula is C19H24N2O6. The van der Waals surface area contributed by atoms with Gasteiger partial charge in [-0.05, 0) is 25.0 Å². The average molecular weight is 376 g/mol. The van der Waals surface area contributed by atoms with Crippen molar-refractivity contribution in [3.8, 4) is 23.3 Å². The van der Waals surface area contributed by atoms with Gasteiger partial charge in [0.25, 0.3) is 5.91 Å². The number of nitrogens with one attached hydrogen (secondary N) is 1. The van der Waals surface area contributed by atoms with Crippen LogP contribution < -0.4 is 19.5 Å². The second kappa shape index (κ2) is 9.12. The van der Waals surface area contributed by atoms with E-state index < -0.39 is 24.0 Å². The first-order valence-electron chi connectivity index (χ1n) is 8.68. The van der Waals surface area contributed by atoms with E-state index >= 15 is 0 Å². The van der Waals surface area contributed by atoms with E-state index in [4.69, 9.17) is 18.9 Å². The van der Waals surface area contributed by atoms with E-state index in [-0.39, 0.29) is 17.1 Å². The lowest BCUT2D eigenvalue weighted by atomic mass is 9.83. The zero-order chi connectivity index (χ0) is 19.9. The molecule has 0 heterocycles. The summed E-state index contributed by atoms with van der Waals surface area (Å²) in [6.45, 7) is -0.486. The maximum absolute atomic E-state index is 12.4. The largest absolute Gasteiger partial charge is 0.493 e. The van der Waals surface area contributed by atoms with E-state index in [0.717, 1.165) is 19.3 Å². The summed E-state index contributed by atoms with van der Waals surface area (Å²) in [6.07, 6.45) is 4.03. The second-order valence-corrected chi connectivity index (χ2v) is 6.26. The normalized spacial score (nSPS) is 15.2. The summed E-state index contributed by atoms with van der Waals surface area (Å²) in [7, 11) is 4.28. The Morgan fingerprint density at radius 2 is 1.74 bits per heavy atom. The molecule has 27 heavy (non-hydrogen) atoms. The van der Waals surface area contributed by atoms with Gasteiger partial charge in [0.2, 0.25) is 5.75 Å². The molecule has 2 rings (SSSR count). The van der Waals surface area contributed by atoms with Crippen molar-refractivity contribution in [3.05, 3.63) is 17.7 Å². The van der Waals surface area contributed by atoms with Crippen molar-refractivity contribution in [3.63, 3.8) is 0 Å². The van der Waals surface area contributed by atoms with Crippen molar-refractivity contribution in [2.24, 2.45) is 0 Å². The van der Waals surface area contributed by atoms with Gasteiger partial charge in [-0.15, -0.1) is 0 Å². The van der Waals surface area contributed by atoms with Gasteiger partial charge in [0.1, 0.15) is 11.1 Å². The summed E-state index contributed by atoms with van der Waals surface area (Å²) < 4.78 is 20.7. The number of nitriles is 1. The highest BCUT2D eigenvalue weighted by molar-refractivity contribution is 5.95. The van der Waals surface area contributed by atoms with Crippen molar-refractivity contribution >= 4 is 11.9 Å². The lowest BCUT2D eigenvalue weighted by molar-refractivity contribution is -0.125. The highest BCUT2D eigenvalue weighted by Gasteiger charge is 2.34. The number of amides is 1. The Hall–Kier alpha value is -2.95. The maximum Gasteiger partial charge on any atom is 0.342 e. The Kier molecular flexibility index (Phi) is 6.88. The fourth-order valence-corrected chi connectivity index (χ4v) is 3.19. The van der Waals surface area contributed by atoms with E-state index in [1.807, 2.05) is 0 Å². The number of hydrogen-bond donors (Lipinski definition) is 1. The SMILES string of the molecule is COc1ccc(C(=O)OCC(=O)NC2(C#N)CCCCC2)c(OC)c1OC. The fraction of sp³-hybridized carbons (Fsp3) is 0.526. The van der Waals surface area contributed by atoms with Gasteiger partial charge in [0, 0.05) is 0 Å². The van der Waals surface area contributed by atoms with E-state index in [1.54, 1.807) is 6.07 Å². The molecule has 1 N–H and O–H groups in total. The number of esters is 1. The summed E-state index contributed by atoms with van der Waals surface area (Å²) in [5.74, 6) is -0.437. The average Bonchev–Trinajstić information content (AvgIpc) is 2.71. The topological polar surface area (TPSA) is 107 Å². The van der Waals surface area contributed by atoms with Crippen LogP contribution in [0.15, 0.2) is 12.1 Å². The van der Waals surface area contributed by atoms with Crippen LogP contribution in [-0.4, -0.2) is 45.4 Å². The number of rotatable bonds is 7. The minimum absolute atomic E-state index is 0.107. The highest BCUT2D eigenvalue weighted by atomic mass is 16.5. The zero-order valence-electron chi connectivity index (χ0n) is 15.8. The third-order valence-electron chi connectivity index (χ3n) is 4.56. The van der Waals surface area contributed by atoms with Gasteiger partial charge in [-0.3, -0.25) is 4.79 Å². The van der Waals surface area contributed by atoms with Gasteiger partial charge in [-0.1, -0.05) is 19.3 Å². The minimum atomic E-state index is -0.872. The quantitative estimate of drug-likeness (QED) is 0.727. The molecule has 1 aliphatic carbocycles. The third-order valence-corrected chi connectivity index (χ3v) is 4.56. The van der Waals surface area contributed by atoms with Gasteiger partial charge in [-0.2, -0.15) is 5.26 Å². The van der Waals surface area contributed by atoms with Crippen LogP contribution in [-0.2, 0) is 9.53 Å². The summed E-state index contributed by atoms with van der Waals surface area (Å²) >= 11 is 0. The monoisotopic (exact) mass is 376 g/mol. The summed E-state index contributed by atoms with van der Waals surface area (Å²) in [5, 5.41) is 12.1. The molecule has 0 aliphatic heterocycles. The first-order valence-corrected chi connectivity index (χ1v) is 8.68. The van der Waals surface area contributed by atoms with Gasteiger partial charge < -0.3 is 24.3 Å². The Morgan fingerprint density at radius 3 is 2.30 bits per heavy atom. The molecule has 1 saturated carbocycles. The molecule has 0 unspecified atom stereocenters. The van der Waals surface area contributed by atoms with Crippen molar-refractivity contribution < 1.29 is 28.5 Å². The summed E-state index contributed by atoms with van der Waals surface area (Å²) in [4.78, 5) is 24.6. The maximum atomic E-state index is 12.4. The first-order chi connectivity index (χ1) is 13.0. The predicted molar refractivity (Wildman–Crippen MR) is 96.0 cm³/mol. The van der Waals surface area contributed by atoms with Crippen LogP contribution in [0.2, 0.25) is 0 Å². The minimum Gasteiger partial charge on any atom is -0.493 e. The molecule has 1 aliphatic rings. The number of nitrogens with zero attached hydrogens (tertiary/aromatic N) is 1. The van der Waals surface area contributed by atoms with E-state index in [1.165, 1.54) is 27.4 Å². The number of hydrogen-bond acceptors (Lipinski definition) is 7. The second-order valence-electron chi connectivity index (χ2n) is 6.26. The number of carbonyl (C=O) groups is 2. The van der Waals surface area contributed by atoms with Crippen molar-refractivity contribution in [1.29, 1.82) is 5.26 Å². The lowest BCUT2D eigenvalue weighted by Crippen LogP contribution is -2.50. The predicted octanol–water partition coefficient (Wildman–Crippen LogP) is 2.21. The van der Waals surface area contributed by atoms with Crippen molar-refractivity contribution in [1.82, 2.24) is 5.32 Å². The van der Waals surface area contributed by atoms with Crippen molar-refractivity contribution in [2.45, 2.75) is 37.6 Å². The van der Waals surface area contributed by atoms with E-state index in [0.29, 0.717) is 18.6 Å². The Labute approximate surface area is 158 Å². The number of methoxy groups -OCH3 is 3. The first kappa shape index (κ1) is 20.4. The van der Waals surface area contributed by atoms with Crippen LogP contribution in [0, 0.1) is 11.3 Å². The van der Waals surface area contributed by atoms with Crippen LogP contribution in [0.3, 0.4) is 0 Å². The molecule has 0 aromatic heterocycles. The highest BCUT2D eigenvalue weighted by Crippen LogP contribution is 2.40.